The number of hydrogen-bond acceptors (Lipinski definition) is 4. The number of carbonyl (C=O) groups is 2. The molecular weight excluding hydrogens is 368 g/mol. The summed E-state index contributed by atoms with van der Waals surface area (Å²) >= 11 is 0. The van der Waals surface area contributed by atoms with Crippen molar-refractivity contribution in [3.05, 3.63) is 53.9 Å². The number of benzene rings is 1. The summed E-state index contributed by atoms with van der Waals surface area (Å²) in [6.45, 7) is 8.09. The maximum Gasteiger partial charge on any atom is 0.317 e. The smallest absolute Gasteiger partial charge is 0.317 e. The molecule has 0 atom stereocenters. The van der Waals surface area contributed by atoms with Gasteiger partial charge < -0.3 is 15.5 Å². The molecule has 29 heavy (non-hydrogen) atoms. The van der Waals surface area contributed by atoms with E-state index in [1.54, 1.807) is 6.20 Å². The summed E-state index contributed by atoms with van der Waals surface area (Å²) in [5.74, 6) is 0.0340. The summed E-state index contributed by atoms with van der Waals surface area (Å²) in [7, 11) is 0. The molecule has 2 N–H and O–H groups in total. The van der Waals surface area contributed by atoms with E-state index in [-0.39, 0.29) is 18.0 Å². The Balaban J connectivity index is 1.46. The number of carbonyl (C=O) groups excluding carboxylic acids is 2. The lowest BCUT2D eigenvalue weighted by Gasteiger charge is -2.34. The van der Waals surface area contributed by atoms with Gasteiger partial charge in [0.15, 0.2) is 0 Å². The summed E-state index contributed by atoms with van der Waals surface area (Å²) in [6, 6.07) is 10.1. The van der Waals surface area contributed by atoms with Crippen LogP contribution in [0.4, 0.5) is 4.79 Å². The molecule has 0 unspecified atom stereocenters. The first-order valence-electron chi connectivity index (χ1n) is 10.1. The van der Waals surface area contributed by atoms with Crippen molar-refractivity contribution in [2.24, 2.45) is 0 Å². The minimum absolute atomic E-state index is 0.0340. The van der Waals surface area contributed by atoms with Crippen molar-refractivity contribution in [3.63, 3.8) is 0 Å². The zero-order chi connectivity index (χ0) is 20.6. The predicted molar refractivity (Wildman–Crippen MR) is 111 cm³/mol. The average molecular weight is 399 g/mol. The lowest BCUT2D eigenvalue weighted by Crippen LogP contribution is -2.53. The number of aromatic nitrogens is 2. The second-order valence-electron chi connectivity index (χ2n) is 7.62. The maximum absolute atomic E-state index is 12.6. The Morgan fingerprint density at radius 1 is 1.07 bits per heavy atom. The quantitative estimate of drug-likeness (QED) is 0.736. The number of nitrogens with zero attached hydrogens (tertiary/aromatic N) is 4. The highest BCUT2D eigenvalue weighted by atomic mass is 16.2. The van der Waals surface area contributed by atoms with E-state index in [0.717, 1.165) is 11.1 Å². The van der Waals surface area contributed by atoms with Crippen LogP contribution in [-0.2, 0) is 17.9 Å². The molecule has 1 aliphatic heterocycles. The van der Waals surface area contributed by atoms with E-state index in [1.165, 1.54) is 0 Å². The van der Waals surface area contributed by atoms with E-state index >= 15 is 0 Å². The van der Waals surface area contributed by atoms with Gasteiger partial charge in [-0.25, -0.2) is 4.79 Å². The second-order valence-corrected chi connectivity index (χ2v) is 7.62. The number of amides is 3. The number of hydrogen-bond donors (Lipinski definition) is 2. The fourth-order valence-electron chi connectivity index (χ4n) is 3.42. The van der Waals surface area contributed by atoms with Crippen LogP contribution in [-0.4, -0.2) is 70.3 Å². The lowest BCUT2D eigenvalue weighted by molar-refractivity contribution is -0.123. The molecule has 1 aromatic heterocycles. The molecule has 2 aromatic rings. The second kappa shape index (κ2) is 10.1. The largest absolute Gasteiger partial charge is 0.353 e. The highest BCUT2D eigenvalue weighted by Gasteiger charge is 2.22. The predicted octanol–water partition coefficient (Wildman–Crippen LogP) is 1.28. The van der Waals surface area contributed by atoms with Crippen molar-refractivity contribution in [2.75, 3.05) is 32.7 Å². The fraction of sp³-hybridized carbons (Fsp3) is 0.476. The zero-order valence-corrected chi connectivity index (χ0v) is 17.2. The Hall–Kier alpha value is -2.87. The van der Waals surface area contributed by atoms with Gasteiger partial charge in [0.25, 0.3) is 0 Å². The number of nitrogens with one attached hydrogen (secondary N) is 2. The highest BCUT2D eigenvalue weighted by molar-refractivity contribution is 5.78. The van der Waals surface area contributed by atoms with Crippen molar-refractivity contribution < 1.29 is 9.59 Å². The Kier molecular flexibility index (Phi) is 7.24. The summed E-state index contributed by atoms with van der Waals surface area (Å²) in [4.78, 5) is 28.4. The van der Waals surface area contributed by atoms with Crippen molar-refractivity contribution in [1.29, 1.82) is 0 Å². The topological polar surface area (TPSA) is 82.5 Å². The van der Waals surface area contributed by atoms with Gasteiger partial charge in [-0.15, -0.1) is 0 Å². The van der Waals surface area contributed by atoms with Crippen LogP contribution in [0, 0.1) is 0 Å². The average Bonchev–Trinajstić information content (AvgIpc) is 3.20. The minimum Gasteiger partial charge on any atom is -0.353 e. The number of piperazine rings is 1. The fourth-order valence-corrected chi connectivity index (χ4v) is 3.42. The molecule has 156 valence electrons. The van der Waals surface area contributed by atoms with Gasteiger partial charge in [0.05, 0.1) is 13.1 Å². The van der Waals surface area contributed by atoms with E-state index < -0.39 is 0 Å². The summed E-state index contributed by atoms with van der Waals surface area (Å²) in [5, 5.41) is 10.2. The van der Waals surface area contributed by atoms with Gasteiger partial charge in [-0.2, -0.15) is 5.10 Å². The molecule has 8 heteroatoms. The lowest BCUT2D eigenvalue weighted by atomic mass is 10.1. The van der Waals surface area contributed by atoms with Gasteiger partial charge in [0, 0.05) is 51.2 Å². The molecule has 0 saturated carbocycles. The van der Waals surface area contributed by atoms with Gasteiger partial charge in [-0.3, -0.25) is 14.4 Å². The Bertz CT molecular complexity index is 797. The third kappa shape index (κ3) is 6.32. The van der Waals surface area contributed by atoms with Crippen LogP contribution in [0.2, 0.25) is 0 Å². The van der Waals surface area contributed by atoms with Crippen LogP contribution < -0.4 is 10.6 Å². The zero-order valence-electron chi connectivity index (χ0n) is 17.2. The van der Waals surface area contributed by atoms with Crippen LogP contribution in [0.15, 0.2) is 42.7 Å². The van der Waals surface area contributed by atoms with Crippen LogP contribution in [0.3, 0.4) is 0 Å². The molecule has 0 radical (unpaired) electrons. The van der Waals surface area contributed by atoms with Gasteiger partial charge in [-0.05, 0) is 31.0 Å². The first kappa shape index (κ1) is 20.9. The van der Waals surface area contributed by atoms with E-state index in [9.17, 15) is 9.59 Å². The van der Waals surface area contributed by atoms with Crippen LogP contribution in [0.5, 0.6) is 0 Å². The molecule has 0 spiro atoms. The molecule has 1 fully saturated rings. The normalized spacial score (nSPS) is 14.8. The molecule has 1 saturated heterocycles. The Morgan fingerprint density at radius 3 is 2.45 bits per heavy atom. The summed E-state index contributed by atoms with van der Waals surface area (Å²) < 4.78 is 1.87. The van der Waals surface area contributed by atoms with Crippen molar-refractivity contribution in [1.82, 2.24) is 30.2 Å². The first-order valence-corrected chi connectivity index (χ1v) is 10.1. The minimum atomic E-state index is -0.0647. The van der Waals surface area contributed by atoms with Crippen molar-refractivity contribution in [2.45, 2.75) is 33.0 Å². The van der Waals surface area contributed by atoms with Crippen LogP contribution >= 0.6 is 0 Å². The van der Waals surface area contributed by atoms with E-state index in [4.69, 9.17) is 0 Å². The molecule has 8 nitrogen and oxygen atoms in total. The molecule has 2 heterocycles. The van der Waals surface area contributed by atoms with Gasteiger partial charge in [0.1, 0.15) is 0 Å². The van der Waals surface area contributed by atoms with Gasteiger partial charge in [0.2, 0.25) is 5.91 Å². The van der Waals surface area contributed by atoms with E-state index in [1.807, 2.05) is 53.9 Å². The monoisotopic (exact) mass is 398 g/mol. The number of urea groups is 1. The van der Waals surface area contributed by atoms with Crippen molar-refractivity contribution in [3.8, 4) is 0 Å². The SMILES string of the molecule is CC(C)NC(=O)CN1CCN(C(=O)NCc2ccccc2Cn2cccn2)CC1. The van der Waals surface area contributed by atoms with Crippen molar-refractivity contribution >= 4 is 11.9 Å². The third-order valence-electron chi connectivity index (χ3n) is 4.92. The third-order valence-corrected chi connectivity index (χ3v) is 4.92. The van der Waals surface area contributed by atoms with Gasteiger partial charge in [-0.1, -0.05) is 24.3 Å². The summed E-state index contributed by atoms with van der Waals surface area (Å²) in [6.07, 6.45) is 3.69. The van der Waals surface area contributed by atoms with E-state index in [0.29, 0.717) is 45.8 Å². The maximum atomic E-state index is 12.6. The first-order chi connectivity index (χ1) is 14.0. The molecule has 1 aliphatic rings. The van der Waals surface area contributed by atoms with Gasteiger partial charge >= 0.3 is 6.03 Å². The summed E-state index contributed by atoms with van der Waals surface area (Å²) in [5.41, 5.74) is 2.22. The van der Waals surface area contributed by atoms with Crippen LogP contribution in [0.1, 0.15) is 25.0 Å². The standard InChI is InChI=1S/C21H30N6O2/c1-17(2)24-20(28)16-25-10-12-26(13-11-25)21(29)22-14-18-6-3-4-7-19(18)15-27-9-5-8-23-27/h3-9,17H,10-16H2,1-2H3,(H,22,29)(H,24,28). The number of rotatable bonds is 7. The molecule has 0 aliphatic carbocycles. The van der Waals surface area contributed by atoms with E-state index in [2.05, 4.69) is 26.7 Å². The molecule has 3 amide bonds. The Morgan fingerprint density at radius 2 is 1.79 bits per heavy atom. The molecule has 0 bridgehead atoms. The Labute approximate surface area is 171 Å². The molecule has 3 rings (SSSR count). The molecule has 1 aromatic carbocycles. The molecular formula is C21H30N6O2. The highest BCUT2D eigenvalue weighted by Crippen LogP contribution is 2.11. The van der Waals surface area contributed by atoms with Crippen LogP contribution in [0.25, 0.3) is 0 Å².